The molecule has 1 aromatic rings. The quantitative estimate of drug-likeness (QED) is 0.780. The van der Waals surface area contributed by atoms with Crippen molar-refractivity contribution in [2.45, 2.75) is 25.3 Å². The highest BCUT2D eigenvalue weighted by atomic mass is 32.2. The van der Waals surface area contributed by atoms with E-state index in [0.717, 1.165) is 31.7 Å². The number of benzene rings is 1. The molecule has 0 aliphatic carbocycles. The zero-order valence-corrected chi connectivity index (χ0v) is 13.5. The van der Waals surface area contributed by atoms with Crippen molar-refractivity contribution in [1.82, 2.24) is 9.62 Å². The van der Waals surface area contributed by atoms with Crippen molar-refractivity contribution < 1.29 is 13.2 Å². The molecule has 1 aliphatic heterocycles. The Morgan fingerprint density at radius 2 is 2.24 bits per heavy atom. The maximum atomic E-state index is 11.0. The van der Waals surface area contributed by atoms with Gasteiger partial charge in [0.15, 0.2) is 0 Å². The Hall–Kier alpha value is -1.11. The molecule has 0 radical (unpaired) electrons. The van der Waals surface area contributed by atoms with Crippen LogP contribution in [0.15, 0.2) is 24.3 Å². The summed E-state index contributed by atoms with van der Waals surface area (Å²) in [7, 11) is -1.40. The van der Waals surface area contributed by atoms with E-state index in [4.69, 9.17) is 4.74 Å². The zero-order chi connectivity index (χ0) is 15.3. The predicted octanol–water partition coefficient (Wildman–Crippen LogP) is 1.77. The number of hydrogen-bond acceptors (Lipinski definition) is 4. The fraction of sp³-hybridized carbons (Fsp3) is 0.600. The summed E-state index contributed by atoms with van der Waals surface area (Å²) in [4.78, 5) is 2.43. The van der Waals surface area contributed by atoms with Crippen LogP contribution in [0.3, 0.4) is 0 Å². The van der Waals surface area contributed by atoms with Gasteiger partial charge in [-0.05, 0) is 50.0 Å². The maximum Gasteiger partial charge on any atom is 0.208 e. The Kier molecular flexibility index (Phi) is 5.61. The van der Waals surface area contributed by atoms with Gasteiger partial charge in [-0.2, -0.15) is 0 Å². The van der Waals surface area contributed by atoms with Gasteiger partial charge in [-0.1, -0.05) is 12.1 Å². The lowest BCUT2D eigenvalue weighted by Gasteiger charge is -2.25. The molecule has 1 saturated heterocycles. The molecule has 1 fully saturated rings. The number of likely N-dealkylation sites (tertiary alicyclic amines) is 1. The number of ether oxygens (including phenoxy) is 1. The van der Waals surface area contributed by atoms with Crippen LogP contribution in [-0.4, -0.2) is 46.3 Å². The van der Waals surface area contributed by atoms with E-state index < -0.39 is 10.0 Å². The SMILES string of the molecule is COc1cccc([C@H]2CCCN2CCCNS(C)(=O)=O)c1. The second kappa shape index (κ2) is 7.24. The minimum absolute atomic E-state index is 0.415. The minimum Gasteiger partial charge on any atom is -0.497 e. The molecule has 1 aliphatic rings. The van der Waals surface area contributed by atoms with E-state index in [9.17, 15) is 8.42 Å². The van der Waals surface area contributed by atoms with Gasteiger partial charge in [0.05, 0.1) is 13.4 Å². The highest BCUT2D eigenvalue weighted by Crippen LogP contribution is 2.33. The molecule has 0 aromatic heterocycles. The molecule has 2 rings (SSSR count). The molecule has 5 nitrogen and oxygen atoms in total. The number of hydrogen-bond donors (Lipinski definition) is 1. The average Bonchev–Trinajstić information content (AvgIpc) is 2.91. The Bertz CT molecular complexity index is 560. The van der Waals surface area contributed by atoms with Gasteiger partial charge in [0.25, 0.3) is 0 Å². The van der Waals surface area contributed by atoms with E-state index in [0.29, 0.717) is 12.6 Å². The normalized spacial score (nSPS) is 19.8. The summed E-state index contributed by atoms with van der Waals surface area (Å²) >= 11 is 0. The molecule has 1 atom stereocenters. The molecule has 6 heteroatoms. The molecule has 0 spiro atoms. The smallest absolute Gasteiger partial charge is 0.208 e. The van der Waals surface area contributed by atoms with Crippen molar-refractivity contribution in [3.63, 3.8) is 0 Å². The first-order valence-corrected chi connectivity index (χ1v) is 9.21. The first kappa shape index (κ1) is 16.3. The first-order valence-electron chi connectivity index (χ1n) is 7.32. The van der Waals surface area contributed by atoms with Crippen LogP contribution in [0.4, 0.5) is 0 Å². The maximum absolute atomic E-state index is 11.0. The largest absolute Gasteiger partial charge is 0.497 e. The van der Waals surface area contributed by atoms with Gasteiger partial charge >= 0.3 is 0 Å². The lowest BCUT2D eigenvalue weighted by molar-refractivity contribution is 0.254. The third-order valence-electron chi connectivity index (χ3n) is 3.83. The number of nitrogens with one attached hydrogen (secondary N) is 1. The summed E-state index contributed by atoms with van der Waals surface area (Å²) < 4.78 is 29.9. The lowest BCUT2D eigenvalue weighted by Crippen LogP contribution is -2.29. The molecule has 1 heterocycles. The first-order chi connectivity index (χ1) is 9.99. The van der Waals surface area contributed by atoms with Crippen LogP contribution in [-0.2, 0) is 10.0 Å². The van der Waals surface area contributed by atoms with Crippen LogP contribution in [0.1, 0.15) is 30.9 Å². The molecule has 118 valence electrons. The molecule has 1 aromatic carbocycles. The molecule has 21 heavy (non-hydrogen) atoms. The van der Waals surface area contributed by atoms with Crippen LogP contribution >= 0.6 is 0 Å². The second-order valence-electron chi connectivity index (χ2n) is 5.49. The van der Waals surface area contributed by atoms with Gasteiger partial charge in [0.2, 0.25) is 10.0 Å². The number of sulfonamides is 1. The van der Waals surface area contributed by atoms with Crippen LogP contribution in [0, 0.1) is 0 Å². The fourth-order valence-corrected chi connectivity index (χ4v) is 3.37. The topological polar surface area (TPSA) is 58.6 Å². The van der Waals surface area contributed by atoms with Gasteiger partial charge < -0.3 is 4.74 Å². The zero-order valence-electron chi connectivity index (χ0n) is 12.7. The average molecular weight is 312 g/mol. The molecule has 0 amide bonds. The van der Waals surface area contributed by atoms with E-state index in [1.807, 2.05) is 12.1 Å². The molecule has 0 unspecified atom stereocenters. The van der Waals surface area contributed by atoms with Crippen molar-refractivity contribution in [2.24, 2.45) is 0 Å². The van der Waals surface area contributed by atoms with Gasteiger partial charge in [-0.3, -0.25) is 4.90 Å². The van der Waals surface area contributed by atoms with Crippen molar-refractivity contribution in [2.75, 3.05) is 33.0 Å². The standard InChI is InChI=1S/C15H24N2O3S/c1-20-14-7-3-6-13(12-14)15-8-4-10-17(15)11-5-9-16-21(2,18)19/h3,6-7,12,15-16H,4-5,8-11H2,1-2H3/t15-/m1/s1. The Balaban J connectivity index is 1.90. The second-order valence-corrected chi connectivity index (χ2v) is 7.32. The van der Waals surface area contributed by atoms with E-state index in [2.05, 4.69) is 21.8 Å². The summed E-state index contributed by atoms with van der Waals surface area (Å²) in [6.45, 7) is 2.48. The molecule has 1 N–H and O–H groups in total. The summed E-state index contributed by atoms with van der Waals surface area (Å²) in [5.41, 5.74) is 1.28. The monoisotopic (exact) mass is 312 g/mol. The van der Waals surface area contributed by atoms with Gasteiger partial charge in [0.1, 0.15) is 5.75 Å². The summed E-state index contributed by atoms with van der Waals surface area (Å²) in [6, 6.07) is 8.63. The van der Waals surface area contributed by atoms with Crippen LogP contribution in [0.2, 0.25) is 0 Å². The summed E-state index contributed by atoms with van der Waals surface area (Å²) in [6.07, 6.45) is 4.35. The number of methoxy groups -OCH3 is 1. The highest BCUT2D eigenvalue weighted by Gasteiger charge is 2.25. The van der Waals surface area contributed by atoms with Crippen molar-refractivity contribution in [3.8, 4) is 5.75 Å². The fourth-order valence-electron chi connectivity index (χ4n) is 2.86. The van der Waals surface area contributed by atoms with Gasteiger partial charge in [-0.15, -0.1) is 0 Å². The van der Waals surface area contributed by atoms with E-state index in [-0.39, 0.29) is 0 Å². The third kappa shape index (κ3) is 4.98. The van der Waals surface area contributed by atoms with Crippen molar-refractivity contribution in [3.05, 3.63) is 29.8 Å². The van der Waals surface area contributed by atoms with E-state index in [1.54, 1.807) is 7.11 Å². The van der Waals surface area contributed by atoms with E-state index in [1.165, 1.54) is 18.2 Å². The van der Waals surface area contributed by atoms with Crippen LogP contribution < -0.4 is 9.46 Å². The van der Waals surface area contributed by atoms with E-state index >= 15 is 0 Å². The Labute approximate surface area is 127 Å². The highest BCUT2D eigenvalue weighted by molar-refractivity contribution is 7.88. The van der Waals surface area contributed by atoms with Gasteiger partial charge in [-0.25, -0.2) is 13.1 Å². The predicted molar refractivity (Wildman–Crippen MR) is 84.0 cm³/mol. The Morgan fingerprint density at radius 3 is 2.95 bits per heavy atom. The van der Waals surface area contributed by atoms with Crippen LogP contribution in [0.25, 0.3) is 0 Å². The lowest BCUT2D eigenvalue weighted by atomic mass is 10.0. The number of rotatable bonds is 7. The molecular formula is C15H24N2O3S. The summed E-state index contributed by atoms with van der Waals surface area (Å²) in [5, 5.41) is 0. The number of nitrogens with zero attached hydrogens (tertiary/aromatic N) is 1. The Morgan fingerprint density at radius 1 is 1.43 bits per heavy atom. The molecular weight excluding hydrogens is 288 g/mol. The van der Waals surface area contributed by atoms with Crippen molar-refractivity contribution in [1.29, 1.82) is 0 Å². The van der Waals surface area contributed by atoms with Gasteiger partial charge in [0, 0.05) is 12.6 Å². The van der Waals surface area contributed by atoms with Crippen LogP contribution in [0.5, 0.6) is 5.75 Å². The van der Waals surface area contributed by atoms with Crippen molar-refractivity contribution >= 4 is 10.0 Å². The third-order valence-corrected chi connectivity index (χ3v) is 4.56. The minimum atomic E-state index is -3.08. The molecule has 0 bridgehead atoms. The molecule has 0 saturated carbocycles. The summed E-state index contributed by atoms with van der Waals surface area (Å²) in [5.74, 6) is 0.887.